The SMILES string of the molecule is Cn1c(=O)c2c(nc(Cl)n2CCN2CCN(c3ccccc3Cl)CC2)n(C)c1=O. The highest BCUT2D eigenvalue weighted by molar-refractivity contribution is 6.33. The van der Waals surface area contributed by atoms with Crippen molar-refractivity contribution < 1.29 is 0 Å². The predicted molar refractivity (Wildman–Crippen MR) is 115 cm³/mol. The summed E-state index contributed by atoms with van der Waals surface area (Å²) in [7, 11) is 3.05. The Balaban J connectivity index is 1.49. The number of para-hydroxylation sites is 1. The van der Waals surface area contributed by atoms with Gasteiger partial charge >= 0.3 is 5.69 Å². The van der Waals surface area contributed by atoms with E-state index in [9.17, 15) is 9.59 Å². The molecule has 0 N–H and O–H groups in total. The van der Waals surface area contributed by atoms with Crippen LogP contribution in [0.5, 0.6) is 0 Å². The molecule has 8 nitrogen and oxygen atoms in total. The van der Waals surface area contributed by atoms with E-state index in [4.69, 9.17) is 23.2 Å². The molecule has 0 amide bonds. The molecule has 1 fully saturated rings. The van der Waals surface area contributed by atoms with Gasteiger partial charge in [0.15, 0.2) is 11.2 Å². The molecule has 2 aromatic heterocycles. The second-order valence-corrected chi connectivity index (χ2v) is 7.94. The van der Waals surface area contributed by atoms with Crippen molar-refractivity contribution in [3.63, 3.8) is 0 Å². The third-order valence-electron chi connectivity index (χ3n) is 5.51. The van der Waals surface area contributed by atoms with Gasteiger partial charge in [-0.1, -0.05) is 23.7 Å². The Bertz CT molecular complexity index is 1170. The van der Waals surface area contributed by atoms with E-state index < -0.39 is 5.69 Å². The van der Waals surface area contributed by atoms with Crippen molar-refractivity contribution in [2.24, 2.45) is 14.1 Å². The first-order valence-electron chi connectivity index (χ1n) is 9.42. The zero-order valence-electron chi connectivity index (χ0n) is 16.3. The second kappa shape index (κ2) is 7.85. The van der Waals surface area contributed by atoms with E-state index in [-0.39, 0.29) is 10.8 Å². The number of nitrogens with zero attached hydrogens (tertiary/aromatic N) is 6. The maximum Gasteiger partial charge on any atom is 0.332 e. The lowest BCUT2D eigenvalue weighted by atomic mass is 10.2. The molecular formula is C19H22Cl2N6O2. The molecule has 1 aromatic carbocycles. The first kappa shape index (κ1) is 20.0. The molecule has 0 spiro atoms. The summed E-state index contributed by atoms with van der Waals surface area (Å²) in [5, 5.41) is 0.979. The van der Waals surface area contributed by atoms with Crippen molar-refractivity contribution in [1.82, 2.24) is 23.6 Å². The molecule has 0 atom stereocenters. The van der Waals surface area contributed by atoms with Gasteiger partial charge in [-0.15, -0.1) is 0 Å². The molecule has 1 saturated heterocycles. The van der Waals surface area contributed by atoms with Gasteiger partial charge in [0.2, 0.25) is 5.28 Å². The number of piperazine rings is 1. The van der Waals surface area contributed by atoms with Gasteiger partial charge in [0.1, 0.15) is 0 Å². The standard InChI is InChI=1S/C19H22Cl2N6O2/c1-23-16-15(17(28)24(2)19(23)29)27(18(21)22-16)12-9-25-7-10-26(11-8-25)14-6-4-3-5-13(14)20/h3-6H,7-12H2,1-2H3. The predicted octanol–water partition coefficient (Wildman–Crippen LogP) is 1.56. The lowest BCUT2D eigenvalue weighted by Gasteiger charge is -2.36. The molecule has 4 rings (SSSR count). The Morgan fingerprint density at radius 3 is 2.34 bits per heavy atom. The highest BCUT2D eigenvalue weighted by Gasteiger charge is 2.21. The van der Waals surface area contributed by atoms with Crippen LogP contribution in [-0.4, -0.2) is 56.3 Å². The average Bonchev–Trinajstić information content (AvgIpc) is 3.06. The van der Waals surface area contributed by atoms with Crippen molar-refractivity contribution in [3.05, 3.63) is 55.4 Å². The average molecular weight is 437 g/mol. The summed E-state index contributed by atoms with van der Waals surface area (Å²) in [6.07, 6.45) is 0. The highest BCUT2D eigenvalue weighted by atomic mass is 35.5. The van der Waals surface area contributed by atoms with Crippen molar-refractivity contribution in [2.75, 3.05) is 37.6 Å². The third kappa shape index (κ3) is 3.56. The van der Waals surface area contributed by atoms with Crippen LogP contribution in [-0.2, 0) is 20.6 Å². The molecular weight excluding hydrogens is 415 g/mol. The smallest absolute Gasteiger partial charge is 0.332 e. The maximum absolute atomic E-state index is 12.6. The molecule has 0 unspecified atom stereocenters. The van der Waals surface area contributed by atoms with E-state index >= 15 is 0 Å². The van der Waals surface area contributed by atoms with Crippen LogP contribution in [0.25, 0.3) is 11.2 Å². The van der Waals surface area contributed by atoms with Crippen molar-refractivity contribution in [2.45, 2.75) is 6.54 Å². The van der Waals surface area contributed by atoms with Crippen LogP contribution in [0.15, 0.2) is 33.9 Å². The number of rotatable bonds is 4. The quantitative estimate of drug-likeness (QED) is 0.580. The topological polar surface area (TPSA) is 68.3 Å². The summed E-state index contributed by atoms with van der Waals surface area (Å²) in [6.45, 7) is 4.76. The number of fused-ring (bicyclic) bond motifs is 1. The summed E-state index contributed by atoms with van der Waals surface area (Å²) in [5.74, 6) is 0. The van der Waals surface area contributed by atoms with Gasteiger partial charge in [0.05, 0.1) is 10.7 Å². The fourth-order valence-corrected chi connectivity index (χ4v) is 4.29. The Morgan fingerprint density at radius 1 is 0.966 bits per heavy atom. The zero-order chi connectivity index (χ0) is 20.7. The van der Waals surface area contributed by atoms with Gasteiger partial charge < -0.3 is 9.47 Å². The van der Waals surface area contributed by atoms with E-state index in [2.05, 4.69) is 14.8 Å². The molecule has 1 aliphatic rings. The lowest BCUT2D eigenvalue weighted by molar-refractivity contribution is 0.249. The first-order chi connectivity index (χ1) is 13.9. The van der Waals surface area contributed by atoms with Gasteiger partial charge in [-0.05, 0) is 23.7 Å². The fraction of sp³-hybridized carbons (Fsp3) is 0.421. The van der Waals surface area contributed by atoms with E-state index in [1.54, 1.807) is 11.6 Å². The molecule has 3 heterocycles. The van der Waals surface area contributed by atoms with E-state index in [1.807, 2.05) is 24.3 Å². The van der Waals surface area contributed by atoms with Gasteiger partial charge in [-0.25, -0.2) is 4.79 Å². The molecule has 0 saturated carbocycles. The van der Waals surface area contributed by atoms with Crippen LogP contribution in [0, 0.1) is 0 Å². The van der Waals surface area contributed by atoms with Gasteiger partial charge in [-0.2, -0.15) is 4.98 Å². The zero-order valence-corrected chi connectivity index (χ0v) is 17.8. The Labute approximate surface area is 177 Å². The molecule has 10 heteroatoms. The highest BCUT2D eigenvalue weighted by Crippen LogP contribution is 2.26. The number of hydrogen-bond donors (Lipinski definition) is 0. The van der Waals surface area contributed by atoms with E-state index in [1.165, 1.54) is 11.6 Å². The van der Waals surface area contributed by atoms with Crippen LogP contribution >= 0.6 is 23.2 Å². The number of halogens is 2. The molecule has 29 heavy (non-hydrogen) atoms. The van der Waals surface area contributed by atoms with Crippen molar-refractivity contribution in [1.29, 1.82) is 0 Å². The third-order valence-corrected chi connectivity index (χ3v) is 6.11. The summed E-state index contributed by atoms with van der Waals surface area (Å²) < 4.78 is 4.12. The number of hydrogen-bond acceptors (Lipinski definition) is 5. The van der Waals surface area contributed by atoms with E-state index in [0.29, 0.717) is 17.7 Å². The second-order valence-electron chi connectivity index (χ2n) is 7.19. The molecule has 154 valence electrons. The number of aromatic nitrogens is 4. The van der Waals surface area contributed by atoms with Crippen molar-refractivity contribution >= 4 is 40.1 Å². The molecule has 0 radical (unpaired) electrons. The summed E-state index contributed by atoms with van der Waals surface area (Å²) >= 11 is 12.6. The number of imidazole rings is 1. The molecule has 0 bridgehead atoms. The summed E-state index contributed by atoms with van der Waals surface area (Å²) in [4.78, 5) is 33.6. The van der Waals surface area contributed by atoms with Gasteiger partial charge in [0.25, 0.3) is 5.56 Å². The fourth-order valence-electron chi connectivity index (χ4n) is 3.79. The number of aryl methyl sites for hydroxylation is 1. The Hall–Kier alpha value is -2.29. The minimum absolute atomic E-state index is 0.216. The molecule has 3 aromatic rings. The van der Waals surface area contributed by atoms with Crippen molar-refractivity contribution in [3.8, 4) is 0 Å². The summed E-state index contributed by atoms with van der Waals surface area (Å²) in [5.41, 5.74) is 0.924. The summed E-state index contributed by atoms with van der Waals surface area (Å²) in [6, 6.07) is 7.87. The normalized spacial score (nSPS) is 15.4. The molecule has 1 aliphatic heterocycles. The Kier molecular flexibility index (Phi) is 5.42. The number of anilines is 1. The lowest BCUT2D eigenvalue weighted by Crippen LogP contribution is -2.47. The largest absolute Gasteiger partial charge is 0.368 e. The van der Waals surface area contributed by atoms with Crippen LogP contribution in [0.4, 0.5) is 5.69 Å². The van der Waals surface area contributed by atoms with Crippen LogP contribution in [0.3, 0.4) is 0 Å². The number of benzene rings is 1. The maximum atomic E-state index is 12.6. The van der Waals surface area contributed by atoms with Gasteiger partial charge in [-0.3, -0.25) is 18.8 Å². The van der Waals surface area contributed by atoms with E-state index in [0.717, 1.165) is 48.0 Å². The first-order valence-corrected chi connectivity index (χ1v) is 10.2. The van der Waals surface area contributed by atoms with Crippen LogP contribution < -0.4 is 16.1 Å². The Morgan fingerprint density at radius 2 is 1.66 bits per heavy atom. The minimum atomic E-state index is -0.417. The monoisotopic (exact) mass is 436 g/mol. The van der Waals surface area contributed by atoms with Gasteiger partial charge in [0, 0.05) is 53.4 Å². The van der Waals surface area contributed by atoms with Crippen LogP contribution in [0.1, 0.15) is 0 Å². The van der Waals surface area contributed by atoms with Crippen LogP contribution in [0.2, 0.25) is 10.3 Å². The molecule has 0 aliphatic carbocycles. The minimum Gasteiger partial charge on any atom is -0.368 e.